The van der Waals surface area contributed by atoms with Gasteiger partial charge in [0.1, 0.15) is 17.4 Å². The van der Waals surface area contributed by atoms with Crippen LogP contribution in [-0.4, -0.2) is 40.5 Å². The Morgan fingerprint density at radius 2 is 2.04 bits per heavy atom. The second-order valence-corrected chi connectivity index (χ2v) is 7.43. The van der Waals surface area contributed by atoms with Crippen molar-refractivity contribution in [1.29, 1.82) is 0 Å². The lowest BCUT2D eigenvalue weighted by Gasteiger charge is -2.31. The van der Waals surface area contributed by atoms with Crippen LogP contribution in [0.15, 0.2) is 36.4 Å². The number of nitrogens with one attached hydrogen (secondary N) is 1. The summed E-state index contributed by atoms with van der Waals surface area (Å²) in [6, 6.07) is 10.4. The highest BCUT2D eigenvalue weighted by Crippen LogP contribution is 2.28. The molecule has 4 rings (SSSR count). The van der Waals surface area contributed by atoms with Gasteiger partial charge in [-0.15, -0.1) is 0 Å². The smallest absolute Gasteiger partial charge is 0.260 e. The third kappa shape index (κ3) is 3.72. The van der Waals surface area contributed by atoms with E-state index in [1.54, 1.807) is 6.07 Å². The fraction of sp³-hybridized carbons (Fsp3) is 0.364. The minimum atomic E-state index is -0.271. The van der Waals surface area contributed by atoms with Crippen LogP contribution in [0, 0.1) is 19.7 Å². The van der Waals surface area contributed by atoms with E-state index in [1.807, 2.05) is 36.9 Å². The van der Waals surface area contributed by atoms with Gasteiger partial charge in [0.25, 0.3) is 5.91 Å². The summed E-state index contributed by atoms with van der Waals surface area (Å²) in [5, 5.41) is 0. The zero-order valence-corrected chi connectivity index (χ0v) is 16.2. The van der Waals surface area contributed by atoms with Crippen molar-refractivity contribution in [2.45, 2.75) is 32.6 Å². The number of piperidine rings is 1. The number of ether oxygens (including phenoxy) is 1. The van der Waals surface area contributed by atoms with Crippen LogP contribution in [0.1, 0.15) is 35.7 Å². The molecule has 1 aromatic heterocycles. The topological polar surface area (TPSA) is 58.2 Å². The molecule has 0 saturated carbocycles. The number of aromatic amines is 1. The highest BCUT2D eigenvalue weighted by molar-refractivity contribution is 5.78. The van der Waals surface area contributed by atoms with Crippen molar-refractivity contribution < 1.29 is 13.9 Å². The van der Waals surface area contributed by atoms with Gasteiger partial charge in [-0.05, 0) is 62.1 Å². The van der Waals surface area contributed by atoms with Crippen LogP contribution in [-0.2, 0) is 4.79 Å². The van der Waals surface area contributed by atoms with E-state index in [-0.39, 0.29) is 24.2 Å². The number of H-pyrrole nitrogens is 1. The van der Waals surface area contributed by atoms with Gasteiger partial charge in [-0.1, -0.05) is 12.1 Å². The van der Waals surface area contributed by atoms with Gasteiger partial charge in [-0.25, -0.2) is 9.37 Å². The largest absolute Gasteiger partial charge is 0.483 e. The van der Waals surface area contributed by atoms with Gasteiger partial charge in [0, 0.05) is 19.0 Å². The van der Waals surface area contributed by atoms with Crippen molar-refractivity contribution in [2.24, 2.45) is 0 Å². The van der Waals surface area contributed by atoms with Crippen LogP contribution >= 0.6 is 0 Å². The van der Waals surface area contributed by atoms with E-state index in [0.29, 0.717) is 13.1 Å². The zero-order chi connectivity index (χ0) is 19.7. The van der Waals surface area contributed by atoms with E-state index >= 15 is 0 Å². The summed E-state index contributed by atoms with van der Waals surface area (Å²) in [5.41, 5.74) is 3.71. The molecule has 1 saturated heterocycles. The van der Waals surface area contributed by atoms with E-state index < -0.39 is 0 Å². The van der Waals surface area contributed by atoms with Crippen molar-refractivity contribution in [3.05, 3.63) is 59.2 Å². The molecule has 6 heteroatoms. The van der Waals surface area contributed by atoms with E-state index in [9.17, 15) is 9.18 Å². The van der Waals surface area contributed by atoms with E-state index in [4.69, 9.17) is 4.74 Å². The molecule has 2 heterocycles. The average molecular weight is 381 g/mol. The molecule has 1 aliphatic rings. The molecule has 0 bridgehead atoms. The van der Waals surface area contributed by atoms with Gasteiger partial charge >= 0.3 is 0 Å². The molecule has 0 atom stereocenters. The fourth-order valence-corrected chi connectivity index (χ4v) is 3.71. The number of fused-ring (bicyclic) bond motifs is 1. The van der Waals surface area contributed by atoms with Crippen LogP contribution in [0.4, 0.5) is 4.39 Å². The first kappa shape index (κ1) is 18.5. The number of carbonyl (C=O) groups excluding carboxylic acids is 1. The quantitative estimate of drug-likeness (QED) is 0.740. The highest BCUT2D eigenvalue weighted by atomic mass is 19.1. The molecule has 0 unspecified atom stereocenters. The predicted octanol–water partition coefficient (Wildman–Crippen LogP) is 4.10. The molecule has 0 radical (unpaired) electrons. The Balaban J connectivity index is 1.34. The summed E-state index contributed by atoms with van der Waals surface area (Å²) in [6.07, 6.45) is 1.66. The number of amides is 1. The molecule has 1 fully saturated rings. The standard InChI is InChI=1S/C22H24FN3O2/c1-14-4-3-5-20(15(14)2)28-13-21(27)26-10-8-16(9-11-26)22-24-18-7-6-17(23)12-19(18)25-22/h3-7,12,16H,8-11,13H2,1-2H3,(H,24,25). The Labute approximate surface area is 163 Å². The average Bonchev–Trinajstić information content (AvgIpc) is 3.12. The van der Waals surface area contributed by atoms with Crippen LogP contribution in [0.3, 0.4) is 0 Å². The Kier molecular flexibility index (Phi) is 5.03. The molecule has 0 spiro atoms. The van der Waals surface area contributed by atoms with Gasteiger partial charge in [-0.2, -0.15) is 0 Å². The van der Waals surface area contributed by atoms with Gasteiger partial charge in [0.05, 0.1) is 11.0 Å². The number of likely N-dealkylation sites (tertiary alicyclic amines) is 1. The van der Waals surface area contributed by atoms with Gasteiger partial charge in [0.2, 0.25) is 0 Å². The summed E-state index contributed by atoms with van der Waals surface area (Å²) in [7, 11) is 0. The number of hydrogen-bond acceptors (Lipinski definition) is 3. The monoisotopic (exact) mass is 381 g/mol. The lowest BCUT2D eigenvalue weighted by Crippen LogP contribution is -2.40. The van der Waals surface area contributed by atoms with Gasteiger partial charge in [0.15, 0.2) is 6.61 Å². The molecule has 1 aliphatic heterocycles. The summed E-state index contributed by atoms with van der Waals surface area (Å²) in [6.45, 7) is 5.43. The summed E-state index contributed by atoms with van der Waals surface area (Å²) >= 11 is 0. The van der Waals surface area contributed by atoms with Crippen molar-refractivity contribution >= 4 is 16.9 Å². The maximum Gasteiger partial charge on any atom is 0.260 e. The molecular weight excluding hydrogens is 357 g/mol. The first-order valence-electron chi connectivity index (χ1n) is 9.63. The highest BCUT2D eigenvalue weighted by Gasteiger charge is 2.26. The van der Waals surface area contributed by atoms with Crippen molar-refractivity contribution in [3.63, 3.8) is 0 Å². The number of halogens is 1. The van der Waals surface area contributed by atoms with Gasteiger partial charge in [-0.3, -0.25) is 4.79 Å². The van der Waals surface area contributed by atoms with E-state index in [2.05, 4.69) is 9.97 Å². The Morgan fingerprint density at radius 1 is 1.25 bits per heavy atom. The molecule has 5 nitrogen and oxygen atoms in total. The first-order valence-corrected chi connectivity index (χ1v) is 9.63. The van der Waals surface area contributed by atoms with Crippen LogP contribution in [0.5, 0.6) is 5.75 Å². The second-order valence-electron chi connectivity index (χ2n) is 7.43. The maximum absolute atomic E-state index is 13.4. The maximum atomic E-state index is 13.4. The third-order valence-electron chi connectivity index (χ3n) is 5.60. The molecule has 3 aromatic rings. The molecule has 0 aliphatic carbocycles. The molecule has 1 amide bonds. The summed E-state index contributed by atoms with van der Waals surface area (Å²) in [4.78, 5) is 22.2. The van der Waals surface area contributed by atoms with E-state index in [1.165, 1.54) is 12.1 Å². The van der Waals surface area contributed by atoms with E-state index in [0.717, 1.165) is 46.6 Å². The first-order chi connectivity index (χ1) is 13.5. The Hall–Kier alpha value is -2.89. The molecule has 1 N–H and O–H groups in total. The third-order valence-corrected chi connectivity index (χ3v) is 5.60. The fourth-order valence-electron chi connectivity index (χ4n) is 3.71. The molecular formula is C22H24FN3O2. The predicted molar refractivity (Wildman–Crippen MR) is 106 cm³/mol. The molecule has 146 valence electrons. The lowest BCUT2D eigenvalue weighted by molar-refractivity contribution is -0.134. The number of aromatic nitrogens is 2. The van der Waals surface area contributed by atoms with Crippen LogP contribution < -0.4 is 4.74 Å². The minimum absolute atomic E-state index is 0.00559. The van der Waals surface area contributed by atoms with Crippen molar-refractivity contribution in [2.75, 3.05) is 19.7 Å². The lowest BCUT2D eigenvalue weighted by atomic mass is 9.96. The number of imidazole rings is 1. The minimum Gasteiger partial charge on any atom is -0.483 e. The van der Waals surface area contributed by atoms with Crippen LogP contribution in [0.25, 0.3) is 11.0 Å². The zero-order valence-electron chi connectivity index (χ0n) is 16.2. The normalized spacial score (nSPS) is 15.2. The number of benzene rings is 2. The number of carbonyl (C=O) groups is 1. The van der Waals surface area contributed by atoms with Crippen molar-refractivity contribution in [1.82, 2.24) is 14.9 Å². The summed E-state index contributed by atoms with van der Waals surface area (Å²) in [5.74, 6) is 1.62. The van der Waals surface area contributed by atoms with Gasteiger partial charge < -0.3 is 14.6 Å². The van der Waals surface area contributed by atoms with Crippen molar-refractivity contribution in [3.8, 4) is 5.75 Å². The number of aryl methyl sites for hydroxylation is 1. The Morgan fingerprint density at radius 3 is 2.82 bits per heavy atom. The molecule has 28 heavy (non-hydrogen) atoms. The summed E-state index contributed by atoms with van der Waals surface area (Å²) < 4.78 is 19.1. The Bertz CT molecular complexity index is 1010. The number of nitrogens with zero attached hydrogens (tertiary/aromatic N) is 2. The number of rotatable bonds is 4. The SMILES string of the molecule is Cc1cccc(OCC(=O)N2CCC(c3nc4ccc(F)cc4[nH]3)CC2)c1C. The molecule has 2 aromatic carbocycles. The number of hydrogen-bond donors (Lipinski definition) is 1. The second kappa shape index (κ2) is 7.62. The van der Waals surface area contributed by atoms with Crippen LogP contribution in [0.2, 0.25) is 0 Å².